The largest absolute Gasteiger partial charge is 0.376 e. The van der Waals surface area contributed by atoms with E-state index in [2.05, 4.69) is 0 Å². The zero-order chi connectivity index (χ0) is 11.4. The maximum atomic E-state index is 8.07. The number of nitrogens with one attached hydrogen (secondary N) is 1. The van der Waals surface area contributed by atoms with Crippen molar-refractivity contribution in [1.29, 1.82) is 5.41 Å². The third kappa shape index (κ3) is 2.61. The molecule has 0 aliphatic carbocycles. The maximum absolute atomic E-state index is 8.07. The molecular weight excluding hydrogens is 200 g/mol. The molecule has 0 amide bonds. The molecule has 1 heterocycles. The SMILES string of the molecule is CN(CC1CCCO1)C(=N)c1ccccc1. The van der Waals surface area contributed by atoms with E-state index >= 15 is 0 Å². The molecule has 1 saturated heterocycles. The fourth-order valence-corrected chi connectivity index (χ4v) is 2.00. The lowest BCUT2D eigenvalue weighted by Gasteiger charge is -2.23. The van der Waals surface area contributed by atoms with Crippen LogP contribution in [0.15, 0.2) is 30.3 Å². The van der Waals surface area contributed by atoms with Gasteiger partial charge in [-0.05, 0) is 12.8 Å². The number of hydrogen-bond donors (Lipinski definition) is 1. The van der Waals surface area contributed by atoms with Crippen molar-refractivity contribution in [3.05, 3.63) is 35.9 Å². The summed E-state index contributed by atoms with van der Waals surface area (Å²) in [5, 5.41) is 8.07. The second kappa shape index (κ2) is 5.12. The average Bonchev–Trinajstić information content (AvgIpc) is 2.82. The van der Waals surface area contributed by atoms with E-state index in [1.165, 1.54) is 0 Å². The summed E-state index contributed by atoms with van der Waals surface area (Å²) < 4.78 is 5.57. The molecule has 1 aromatic carbocycles. The van der Waals surface area contributed by atoms with Gasteiger partial charge in [0, 0.05) is 25.8 Å². The smallest absolute Gasteiger partial charge is 0.127 e. The van der Waals surface area contributed by atoms with Crippen LogP contribution in [-0.2, 0) is 4.74 Å². The number of nitrogens with zero attached hydrogens (tertiary/aromatic N) is 1. The van der Waals surface area contributed by atoms with Crippen LogP contribution in [0.4, 0.5) is 0 Å². The lowest BCUT2D eigenvalue weighted by Crippen LogP contribution is -2.34. The summed E-state index contributed by atoms with van der Waals surface area (Å²) >= 11 is 0. The molecule has 0 spiro atoms. The minimum atomic E-state index is 0.300. The molecule has 86 valence electrons. The Labute approximate surface area is 96.5 Å². The summed E-state index contributed by atoms with van der Waals surface area (Å²) in [6.45, 7) is 1.69. The van der Waals surface area contributed by atoms with Crippen molar-refractivity contribution in [3.8, 4) is 0 Å². The Bertz CT molecular complexity index is 344. The van der Waals surface area contributed by atoms with Crippen LogP contribution < -0.4 is 0 Å². The minimum Gasteiger partial charge on any atom is -0.376 e. The first-order chi connectivity index (χ1) is 7.77. The van der Waals surface area contributed by atoms with E-state index in [1.54, 1.807) is 0 Å². The topological polar surface area (TPSA) is 36.3 Å². The van der Waals surface area contributed by atoms with E-state index in [4.69, 9.17) is 10.1 Å². The molecule has 1 fully saturated rings. The summed E-state index contributed by atoms with van der Waals surface area (Å²) in [4.78, 5) is 1.96. The van der Waals surface area contributed by atoms with Crippen molar-refractivity contribution in [2.45, 2.75) is 18.9 Å². The molecule has 1 aromatic rings. The summed E-state index contributed by atoms with van der Waals surface area (Å²) in [6.07, 6.45) is 2.57. The van der Waals surface area contributed by atoms with Crippen LogP contribution in [0.25, 0.3) is 0 Å². The van der Waals surface area contributed by atoms with Gasteiger partial charge in [-0.25, -0.2) is 0 Å². The summed E-state index contributed by atoms with van der Waals surface area (Å²) in [7, 11) is 1.96. The molecule has 0 radical (unpaired) electrons. The number of hydrogen-bond acceptors (Lipinski definition) is 2. The molecule has 3 nitrogen and oxygen atoms in total. The first-order valence-electron chi connectivity index (χ1n) is 5.74. The van der Waals surface area contributed by atoms with Gasteiger partial charge in [0.15, 0.2) is 0 Å². The number of amidine groups is 1. The summed E-state index contributed by atoms with van der Waals surface area (Å²) in [5.41, 5.74) is 0.961. The zero-order valence-electron chi connectivity index (χ0n) is 9.65. The van der Waals surface area contributed by atoms with Gasteiger partial charge in [0.05, 0.1) is 6.10 Å². The number of rotatable bonds is 3. The Morgan fingerprint density at radius 3 is 2.81 bits per heavy atom. The Morgan fingerprint density at radius 1 is 1.44 bits per heavy atom. The van der Waals surface area contributed by atoms with Gasteiger partial charge < -0.3 is 9.64 Å². The number of ether oxygens (including phenoxy) is 1. The van der Waals surface area contributed by atoms with Crippen LogP contribution in [0.2, 0.25) is 0 Å². The highest BCUT2D eigenvalue weighted by atomic mass is 16.5. The molecule has 3 heteroatoms. The standard InChI is InChI=1S/C13H18N2O/c1-15(10-12-8-5-9-16-12)13(14)11-6-3-2-4-7-11/h2-4,6-7,12,14H,5,8-10H2,1H3. The summed E-state index contributed by atoms with van der Waals surface area (Å²) in [5.74, 6) is 0.566. The molecule has 16 heavy (non-hydrogen) atoms. The van der Waals surface area contributed by atoms with Crippen molar-refractivity contribution in [3.63, 3.8) is 0 Å². The molecule has 0 bridgehead atoms. The molecular formula is C13H18N2O. The Hall–Kier alpha value is -1.35. The molecule has 2 rings (SSSR count). The van der Waals surface area contributed by atoms with E-state index in [9.17, 15) is 0 Å². The molecule has 1 aliphatic rings. The van der Waals surface area contributed by atoms with Crippen LogP contribution in [-0.4, -0.2) is 37.0 Å². The third-order valence-electron chi connectivity index (χ3n) is 2.93. The van der Waals surface area contributed by atoms with Gasteiger partial charge in [0.1, 0.15) is 5.84 Å². The Balaban J connectivity index is 1.94. The zero-order valence-corrected chi connectivity index (χ0v) is 9.65. The van der Waals surface area contributed by atoms with Crippen LogP contribution >= 0.6 is 0 Å². The quantitative estimate of drug-likeness (QED) is 0.623. The fourth-order valence-electron chi connectivity index (χ4n) is 2.00. The van der Waals surface area contributed by atoms with E-state index in [1.807, 2.05) is 42.3 Å². The predicted molar refractivity (Wildman–Crippen MR) is 64.9 cm³/mol. The van der Waals surface area contributed by atoms with Crippen molar-refractivity contribution in [1.82, 2.24) is 4.90 Å². The first-order valence-corrected chi connectivity index (χ1v) is 5.74. The molecule has 1 unspecified atom stereocenters. The van der Waals surface area contributed by atoms with E-state index in [0.29, 0.717) is 11.9 Å². The van der Waals surface area contributed by atoms with E-state index < -0.39 is 0 Å². The second-order valence-electron chi connectivity index (χ2n) is 4.23. The normalized spacial score (nSPS) is 19.7. The highest BCUT2D eigenvalue weighted by Gasteiger charge is 2.18. The second-order valence-corrected chi connectivity index (χ2v) is 4.23. The number of likely N-dealkylation sites (N-methyl/N-ethyl adjacent to an activating group) is 1. The van der Waals surface area contributed by atoms with Gasteiger partial charge in [-0.1, -0.05) is 30.3 Å². The number of benzene rings is 1. The van der Waals surface area contributed by atoms with Crippen molar-refractivity contribution in [2.24, 2.45) is 0 Å². The Kier molecular flexibility index (Phi) is 3.57. The Morgan fingerprint density at radius 2 is 2.19 bits per heavy atom. The highest BCUT2D eigenvalue weighted by Crippen LogP contribution is 2.13. The van der Waals surface area contributed by atoms with Crippen LogP contribution in [0.3, 0.4) is 0 Å². The van der Waals surface area contributed by atoms with Gasteiger partial charge in [-0.3, -0.25) is 5.41 Å². The van der Waals surface area contributed by atoms with E-state index in [0.717, 1.165) is 31.6 Å². The molecule has 1 atom stereocenters. The van der Waals surface area contributed by atoms with Gasteiger partial charge in [0.25, 0.3) is 0 Å². The molecule has 1 N–H and O–H groups in total. The molecule has 0 aromatic heterocycles. The fraction of sp³-hybridized carbons (Fsp3) is 0.462. The van der Waals surface area contributed by atoms with Crippen molar-refractivity contribution < 1.29 is 4.74 Å². The van der Waals surface area contributed by atoms with Gasteiger partial charge in [0.2, 0.25) is 0 Å². The van der Waals surface area contributed by atoms with Crippen LogP contribution in [0, 0.1) is 5.41 Å². The molecule has 1 aliphatic heterocycles. The van der Waals surface area contributed by atoms with Crippen LogP contribution in [0.5, 0.6) is 0 Å². The van der Waals surface area contributed by atoms with Crippen LogP contribution in [0.1, 0.15) is 18.4 Å². The molecule has 0 saturated carbocycles. The average molecular weight is 218 g/mol. The highest BCUT2D eigenvalue weighted by molar-refractivity contribution is 5.96. The van der Waals surface area contributed by atoms with Crippen molar-refractivity contribution >= 4 is 5.84 Å². The predicted octanol–water partition coefficient (Wildman–Crippen LogP) is 2.12. The van der Waals surface area contributed by atoms with Gasteiger partial charge >= 0.3 is 0 Å². The van der Waals surface area contributed by atoms with Gasteiger partial charge in [-0.2, -0.15) is 0 Å². The summed E-state index contributed by atoms with van der Waals surface area (Å²) in [6, 6.07) is 9.83. The minimum absolute atomic E-state index is 0.300. The lowest BCUT2D eigenvalue weighted by atomic mass is 10.1. The van der Waals surface area contributed by atoms with E-state index in [-0.39, 0.29) is 0 Å². The lowest BCUT2D eigenvalue weighted by molar-refractivity contribution is 0.0958. The maximum Gasteiger partial charge on any atom is 0.127 e. The van der Waals surface area contributed by atoms with Gasteiger partial charge in [-0.15, -0.1) is 0 Å². The monoisotopic (exact) mass is 218 g/mol. The third-order valence-corrected chi connectivity index (χ3v) is 2.93. The first kappa shape index (κ1) is 11.1. The van der Waals surface area contributed by atoms with Crippen molar-refractivity contribution in [2.75, 3.05) is 20.2 Å².